The number of rotatable bonds is 5. The van der Waals surface area contributed by atoms with E-state index in [4.69, 9.17) is 5.73 Å². The normalized spacial score (nSPS) is 18.8. The first-order chi connectivity index (χ1) is 8.74. The number of benzene rings is 1. The van der Waals surface area contributed by atoms with Crippen molar-refractivity contribution in [2.75, 3.05) is 6.54 Å². The van der Waals surface area contributed by atoms with Crippen LogP contribution in [0.15, 0.2) is 28.7 Å². The molecule has 2 N–H and O–H groups in total. The van der Waals surface area contributed by atoms with Crippen LogP contribution < -0.4 is 5.73 Å². The molecule has 1 fully saturated rings. The Labute approximate surface area is 119 Å². The zero-order valence-corrected chi connectivity index (χ0v) is 12.7. The minimum absolute atomic E-state index is 0.542. The van der Waals surface area contributed by atoms with Gasteiger partial charge >= 0.3 is 0 Å². The summed E-state index contributed by atoms with van der Waals surface area (Å²) >= 11 is 3.49. The number of aryl methyl sites for hydroxylation is 1. The highest BCUT2D eigenvalue weighted by Gasteiger charge is 2.30. The van der Waals surface area contributed by atoms with Crippen molar-refractivity contribution in [3.05, 3.63) is 34.3 Å². The molecule has 0 spiro atoms. The van der Waals surface area contributed by atoms with E-state index < -0.39 is 0 Å². The average molecular weight is 310 g/mol. The van der Waals surface area contributed by atoms with Gasteiger partial charge in [0.2, 0.25) is 0 Å². The highest BCUT2D eigenvalue weighted by Crippen LogP contribution is 2.42. The maximum Gasteiger partial charge on any atom is 0.0175 e. The smallest absolute Gasteiger partial charge is 0.0175 e. The van der Waals surface area contributed by atoms with Gasteiger partial charge in [-0.3, -0.25) is 0 Å². The number of hydrogen-bond acceptors (Lipinski definition) is 1. The van der Waals surface area contributed by atoms with Crippen LogP contribution in [0.4, 0.5) is 0 Å². The van der Waals surface area contributed by atoms with E-state index in [1.54, 1.807) is 0 Å². The SMILES string of the molecule is NCCC1(CCc2ccc(Br)cc2)CCCCC1. The molecular formula is C16H24BrN. The third kappa shape index (κ3) is 3.83. The summed E-state index contributed by atoms with van der Waals surface area (Å²) < 4.78 is 1.17. The number of nitrogens with two attached hydrogens (primary N) is 1. The summed E-state index contributed by atoms with van der Waals surface area (Å²) in [7, 11) is 0. The van der Waals surface area contributed by atoms with Gasteiger partial charge in [0.05, 0.1) is 0 Å². The maximum atomic E-state index is 5.83. The monoisotopic (exact) mass is 309 g/mol. The van der Waals surface area contributed by atoms with Gasteiger partial charge in [-0.1, -0.05) is 47.3 Å². The second kappa shape index (κ2) is 6.72. The molecule has 0 amide bonds. The van der Waals surface area contributed by atoms with Gasteiger partial charge in [-0.2, -0.15) is 0 Å². The minimum atomic E-state index is 0.542. The predicted molar refractivity (Wildman–Crippen MR) is 81.7 cm³/mol. The molecule has 0 aliphatic heterocycles. The van der Waals surface area contributed by atoms with Gasteiger partial charge in [0.25, 0.3) is 0 Å². The summed E-state index contributed by atoms with van der Waals surface area (Å²) in [6.07, 6.45) is 10.7. The second-order valence-corrected chi connectivity index (χ2v) is 6.64. The Morgan fingerprint density at radius 1 is 1.00 bits per heavy atom. The van der Waals surface area contributed by atoms with E-state index in [-0.39, 0.29) is 0 Å². The van der Waals surface area contributed by atoms with Crippen LogP contribution >= 0.6 is 15.9 Å². The van der Waals surface area contributed by atoms with Crippen molar-refractivity contribution in [3.63, 3.8) is 0 Å². The van der Waals surface area contributed by atoms with E-state index in [0.717, 1.165) is 6.54 Å². The zero-order valence-electron chi connectivity index (χ0n) is 11.1. The Morgan fingerprint density at radius 3 is 2.28 bits per heavy atom. The van der Waals surface area contributed by atoms with Gasteiger partial charge < -0.3 is 5.73 Å². The molecule has 2 rings (SSSR count). The molecule has 0 bridgehead atoms. The van der Waals surface area contributed by atoms with Crippen LogP contribution in [0.2, 0.25) is 0 Å². The molecule has 2 heteroatoms. The van der Waals surface area contributed by atoms with Gasteiger partial charge in [0.1, 0.15) is 0 Å². The number of hydrogen-bond donors (Lipinski definition) is 1. The fraction of sp³-hybridized carbons (Fsp3) is 0.625. The molecule has 0 aromatic heterocycles. The molecule has 0 heterocycles. The summed E-state index contributed by atoms with van der Waals surface area (Å²) in [5.74, 6) is 0. The van der Waals surface area contributed by atoms with E-state index in [9.17, 15) is 0 Å². The van der Waals surface area contributed by atoms with Crippen molar-refractivity contribution < 1.29 is 0 Å². The van der Waals surface area contributed by atoms with Crippen LogP contribution in [-0.2, 0) is 6.42 Å². The third-order valence-electron chi connectivity index (χ3n) is 4.45. The van der Waals surface area contributed by atoms with E-state index in [2.05, 4.69) is 40.2 Å². The molecule has 0 unspecified atom stereocenters. The lowest BCUT2D eigenvalue weighted by atomic mass is 9.68. The highest BCUT2D eigenvalue weighted by molar-refractivity contribution is 9.10. The summed E-state index contributed by atoms with van der Waals surface area (Å²) in [6.45, 7) is 0.848. The molecule has 0 atom stereocenters. The van der Waals surface area contributed by atoms with E-state index in [1.165, 1.54) is 61.4 Å². The maximum absolute atomic E-state index is 5.83. The minimum Gasteiger partial charge on any atom is -0.330 e. The Morgan fingerprint density at radius 2 is 1.67 bits per heavy atom. The van der Waals surface area contributed by atoms with E-state index in [0.29, 0.717) is 5.41 Å². The summed E-state index contributed by atoms with van der Waals surface area (Å²) in [5, 5.41) is 0. The van der Waals surface area contributed by atoms with E-state index >= 15 is 0 Å². The quantitative estimate of drug-likeness (QED) is 0.839. The van der Waals surface area contributed by atoms with Crippen LogP contribution in [0.25, 0.3) is 0 Å². The van der Waals surface area contributed by atoms with Crippen molar-refractivity contribution >= 4 is 15.9 Å². The highest BCUT2D eigenvalue weighted by atomic mass is 79.9. The Kier molecular flexibility index (Phi) is 5.25. The fourth-order valence-electron chi connectivity index (χ4n) is 3.29. The van der Waals surface area contributed by atoms with Crippen molar-refractivity contribution in [1.82, 2.24) is 0 Å². The molecule has 1 aromatic carbocycles. The van der Waals surface area contributed by atoms with Crippen LogP contribution in [0.3, 0.4) is 0 Å². The third-order valence-corrected chi connectivity index (χ3v) is 4.97. The first-order valence-corrected chi connectivity index (χ1v) is 7.98. The molecule has 1 saturated carbocycles. The Hall–Kier alpha value is -0.340. The lowest BCUT2D eigenvalue weighted by Gasteiger charge is -2.37. The van der Waals surface area contributed by atoms with Crippen LogP contribution in [0, 0.1) is 5.41 Å². The molecule has 1 nitrogen and oxygen atoms in total. The molecule has 1 aliphatic rings. The molecule has 0 saturated heterocycles. The van der Waals surface area contributed by atoms with Crippen molar-refractivity contribution in [2.24, 2.45) is 11.1 Å². The number of halogens is 1. The largest absolute Gasteiger partial charge is 0.330 e. The first kappa shape index (κ1) is 14.1. The topological polar surface area (TPSA) is 26.0 Å². The summed E-state index contributed by atoms with van der Waals surface area (Å²) in [4.78, 5) is 0. The van der Waals surface area contributed by atoms with E-state index in [1.807, 2.05) is 0 Å². The van der Waals surface area contributed by atoms with Crippen molar-refractivity contribution in [1.29, 1.82) is 0 Å². The van der Waals surface area contributed by atoms with Gasteiger partial charge in [0, 0.05) is 4.47 Å². The van der Waals surface area contributed by atoms with Crippen molar-refractivity contribution in [2.45, 2.75) is 51.4 Å². The summed E-state index contributed by atoms with van der Waals surface area (Å²) in [6, 6.07) is 8.77. The van der Waals surface area contributed by atoms with Crippen LogP contribution in [-0.4, -0.2) is 6.54 Å². The summed E-state index contributed by atoms with van der Waals surface area (Å²) in [5.41, 5.74) is 7.83. The van der Waals surface area contributed by atoms with Gasteiger partial charge in [-0.15, -0.1) is 0 Å². The molecule has 18 heavy (non-hydrogen) atoms. The average Bonchev–Trinajstić information content (AvgIpc) is 2.40. The molecule has 0 radical (unpaired) electrons. The van der Waals surface area contributed by atoms with Gasteiger partial charge in [-0.25, -0.2) is 0 Å². The lowest BCUT2D eigenvalue weighted by molar-refractivity contribution is 0.161. The van der Waals surface area contributed by atoms with Crippen molar-refractivity contribution in [3.8, 4) is 0 Å². The molecule has 1 aromatic rings. The molecular weight excluding hydrogens is 286 g/mol. The lowest BCUT2D eigenvalue weighted by Crippen LogP contribution is -2.27. The standard InChI is InChI=1S/C16H24BrN/c17-15-6-4-14(5-7-15)8-11-16(12-13-18)9-2-1-3-10-16/h4-7H,1-3,8-13,18H2. The fourth-order valence-corrected chi connectivity index (χ4v) is 3.56. The molecule has 1 aliphatic carbocycles. The predicted octanol–water partition coefficient (Wildman–Crippen LogP) is 4.68. The zero-order chi connectivity index (χ0) is 12.8. The van der Waals surface area contributed by atoms with Crippen LogP contribution in [0.1, 0.15) is 50.5 Å². The molecule has 100 valence electrons. The Balaban J connectivity index is 1.94. The Bertz CT molecular complexity index is 346. The first-order valence-electron chi connectivity index (χ1n) is 7.19. The van der Waals surface area contributed by atoms with Gasteiger partial charge in [0.15, 0.2) is 0 Å². The van der Waals surface area contributed by atoms with Gasteiger partial charge in [-0.05, 0) is 61.8 Å². The van der Waals surface area contributed by atoms with Crippen LogP contribution in [0.5, 0.6) is 0 Å². The second-order valence-electron chi connectivity index (χ2n) is 5.73.